The van der Waals surface area contributed by atoms with Gasteiger partial charge in [-0.25, -0.2) is 4.68 Å². The molecule has 0 aromatic carbocycles. The SMILES string of the molecule is CCCNC(C)c1nnnn1CCCSCC. The van der Waals surface area contributed by atoms with Gasteiger partial charge in [0.25, 0.3) is 0 Å². The second-order valence-corrected chi connectivity index (χ2v) is 5.38. The van der Waals surface area contributed by atoms with Crippen molar-refractivity contribution in [2.24, 2.45) is 0 Å². The summed E-state index contributed by atoms with van der Waals surface area (Å²) in [5.41, 5.74) is 0. The minimum absolute atomic E-state index is 0.226. The molecule has 1 unspecified atom stereocenters. The fraction of sp³-hybridized carbons (Fsp3) is 0.909. The third-order valence-electron chi connectivity index (χ3n) is 2.51. The Morgan fingerprint density at radius 3 is 2.94 bits per heavy atom. The average molecular weight is 257 g/mol. The van der Waals surface area contributed by atoms with Gasteiger partial charge in [0.05, 0.1) is 6.04 Å². The smallest absolute Gasteiger partial charge is 0.167 e. The van der Waals surface area contributed by atoms with Gasteiger partial charge in [-0.05, 0) is 48.2 Å². The number of nitrogens with one attached hydrogen (secondary N) is 1. The number of tetrazole rings is 1. The van der Waals surface area contributed by atoms with Gasteiger partial charge in [-0.1, -0.05) is 13.8 Å². The first-order chi connectivity index (χ1) is 8.29. The molecule has 1 heterocycles. The lowest BCUT2D eigenvalue weighted by Crippen LogP contribution is -2.23. The molecule has 0 aliphatic carbocycles. The molecule has 0 radical (unpaired) electrons. The van der Waals surface area contributed by atoms with E-state index in [2.05, 4.69) is 41.6 Å². The lowest BCUT2D eigenvalue weighted by Gasteiger charge is -2.12. The summed E-state index contributed by atoms with van der Waals surface area (Å²) < 4.78 is 1.92. The van der Waals surface area contributed by atoms with Crippen LogP contribution in [0.1, 0.15) is 45.5 Å². The van der Waals surface area contributed by atoms with Crippen molar-refractivity contribution in [3.63, 3.8) is 0 Å². The van der Waals surface area contributed by atoms with E-state index in [1.165, 1.54) is 11.5 Å². The highest BCUT2D eigenvalue weighted by molar-refractivity contribution is 7.99. The van der Waals surface area contributed by atoms with Crippen LogP contribution in [0.3, 0.4) is 0 Å². The fourth-order valence-corrected chi connectivity index (χ4v) is 2.22. The molecule has 0 fully saturated rings. The number of hydrogen-bond acceptors (Lipinski definition) is 5. The molecule has 0 saturated carbocycles. The van der Waals surface area contributed by atoms with Gasteiger partial charge in [0, 0.05) is 6.54 Å². The van der Waals surface area contributed by atoms with Crippen LogP contribution in [0.5, 0.6) is 0 Å². The first-order valence-electron chi connectivity index (χ1n) is 6.36. The number of nitrogens with zero attached hydrogens (tertiary/aromatic N) is 4. The van der Waals surface area contributed by atoms with Crippen LogP contribution in [0.15, 0.2) is 0 Å². The predicted molar refractivity (Wildman–Crippen MR) is 72.1 cm³/mol. The first-order valence-corrected chi connectivity index (χ1v) is 7.52. The minimum atomic E-state index is 0.226. The van der Waals surface area contributed by atoms with Gasteiger partial charge in [0.15, 0.2) is 5.82 Å². The highest BCUT2D eigenvalue weighted by Crippen LogP contribution is 2.09. The molecule has 1 N–H and O–H groups in total. The quantitative estimate of drug-likeness (QED) is 0.685. The van der Waals surface area contributed by atoms with Crippen LogP contribution < -0.4 is 5.32 Å². The molecule has 17 heavy (non-hydrogen) atoms. The Bertz CT molecular complexity index is 302. The summed E-state index contributed by atoms with van der Waals surface area (Å²) in [6.07, 6.45) is 2.25. The van der Waals surface area contributed by atoms with Crippen molar-refractivity contribution in [2.75, 3.05) is 18.1 Å². The number of aromatic nitrogens is 4. The zero-order valence-electron chi connectivity index (χ0n) is 11.0. The molecule has 0 amide bonds. The number of thioether (sulfide) groups is 1. The zero-order chi connectivity index (χ0) is 12.5. The average Bonchev–Trinajstić information content (AvgIpc) is 2.80. The van der Waals surface area contributed by atoms with Gasteiger partial charge in [0.1, 0.15) is 0 Å². The van der Waals surface area contributed by atoms with Crippen LogP contribution in [0, 0.1) is 0 Å². The molecule has 1 atom stereocenters. The van der Waals surface area contributed by atoms with Crippen LogP contribution in [-0.2, 0) is 6.54 Å². The molecular formula is C11H23N5S. The Morgan fingerprint density at radius 1 is 1.41 bits per heavy atom. The summed E-state index contributed by atoms with van der Waals surface area (Å²) in [5, 5.41) is 15.3. The molecule has 98 valence electrons. The molecule has 0 spiro atoms. The fourth-order valence-electron chi connectivity index (χ4n) is 1.59. The minimum Gasteiger partial charge on any atom is -0.307 e. The summed E-state index contributed by atoms with van der Waals surface area (Å²) in [7, 11) is 0. The summed E-state index contributed by atoms with van der Waals surface area (Å²) in [4.78, 5) is 0. The van der Waals surface area contributed by atoms with E-state index in [0.717, 1.165) is 31.8 Å². The molecule has 1 aromatic heterocycles. The Balaban J connectivity index is 2.41. The zero-order valence-corrected chi connectivity index (χ0v) is 11.8. The maximum atomic E-state index is 4.10. The van der Waals surface area contributed by atoms with Gasteiger partial charge in [-0.3, -0.25) is 0 Å². The Hall–Kier alpha value is -0.620. The number of hydrogen-bond donors (Lipinski definition) is 1. The highest BCUT2D eigenvalue weighted by Gasteiger charge is 2.12. The van der Waals surface area contributed by atoms with E-state index in [1.54, 1.807) is 0 Å². The monoisotopic (exact) mass is 257 g/mol. The van der Waals surface area contributed by atoms with Crippen LogP contribution in [0.25, 0.3) is 0 Å². The standard InChI is InChI=1S/C11H23N5S/c1-4-7-12-10(3)11-13-14-15-16(11)8-6-9-17-5-2/h10,12H,4-9H2,1-3H3. The van der Waals surface area contributed by atoms with Crippen molar-refractivity contribution in [1.29, 1.82) is 0 Å². The van der Waals surface area contributed by atoms with Gasteiger partial charge in [0.2, 0.25) is 0 Å². The largest absolute Gasteiger partial charge is 0.307 e. The summed E-state index contributed by atoms with van der Waals surface area (Å²) >= 11 is 1.96. The van der Waals surface area contributed by atoms with Crippen LogP contribution in [0.4, 0.5) is 0 Å². The molecular weight excluding hydrogens is 234 g/mol. The first kappa shape index (κ1) is 14.4. The van der Waals surface area contributed by atoms with E-state index in [0.29, 0.717) is 0 Å². The third kappa shape index (κ3) is 5.04. The summed E-state index contributed by atoms with van der Waals surface area (Å²) in [6, 6.07) is 0.226. The van der Waals surface area contributed by atoms with E-state index in [9.17, 15) is 0 Å². The predicted octanol–water partition coefficient (Wildman–Crippen LogP) is 1.88. The molecule has 0 bridgehead atoms. The van der Waals surface area contributed by atoms with Crippen LogP contribution in [-0.4, -0.2) is 38.3 Å². The molecule has 1 rings (SSSR count). The van der Waals surface area contributed by atoms with Gasteiger partial charge >= 0.3 is 0 Å². The molecule has 0 aliphatic rings. The maximum absolute atomic E-state index is 4.10. The van der Waals surface area contributed by atoms with Crippen molar-refractivity contribution in [3.8, 4) is 0 Å². The Labute approximate surface area is 108 Å². The Kier molecular flexibility index (Phi) is 7.19. The Morgan fingerprint density at radius 2 is 2.24 bits per heavy atom. The summed E-state index contributed by atoms with van der Waals surface area (Å²) in [6.45, 7) is 8.36. The second-order valence-electron chi connectivity index (χ2n) is 3.99. The molecule has 6 heteroatoms. The molecule has 5 nitrogen and oxygen atoms in total. The lowest BCUT2D eigenvalue weighted by atomic mass is 10.3. The number of rotatable bonds is 9. The third-order valence-corrected chi connectivity index (χ3v) is 3.50. The van der Waals surface area contributed by atoms with Gasteiger partial charge < -0.3 is 5.32 Å². The maximum Gasteiger partial charge on any atom is 0.167 e. The lowest BCUT2D eigenvalue weighted by molar-refractivity contribution is 0.484. The summed E-state index contributed by atoms with van der Waals surface area (Å²) in [5.74, 6) is 3.30. The van der Waals surface area contributed by atoms with Crippen molar-refractivity contribution in [3.05, 3.63) is 5.82 Å². The highest BCUT2D eigenvalue weighted by atomic mass is 32.2. The van der Waals surface area contributed by atoms with Crippen LogP contribution in [0.2, 0.25) is 0 Å². The van der Waals surface area contributed by atoms with Crippen molar-refractivity contribution in [1.82, 2.24) is 25.5 Å². The van der Waals surface area contributed by atoms with Gasteiger partial charge in [-0.15, -0.1) is 5.10 Å². The molecule has 1 aromatic rings. The second kappa shape index (κ2) is 8.47. The molecule has 0 saturated heterocycles. The van der Waals surface area contributed by atoms with E-state index >= 15 is 0 Å². The van der Waals surface area contributed by atoms with E-state index in [-0.39, 0.29) is 6.04 Å². The van der Waals surface area contributed by atoms with E-state index in [1.807, 2.05) is 16.4 Å². The van der Waals surface area contributed by atoms with Gasteiger partial charge in [-0.2, -0.15) is 11.8 Å². The van der Waals surface area contributed by atoms with E-state index < -0.39 is 0 Å². The topological polar surface area (TPSA) is 55.6 Å². The number of aryl methyl sites for hydroxylation is 1. The van der Waals surface area contributed by atoms with Crippen LogP contribution >= 0.6 is 11.8 Å². The van der Waals surface area contributed by atoms with Crippen molar-refractivity contribution < 1.29 is 0 Å². The van der Waals surface area contributed by atoms with E-state index in [4.69, 9.17) is 0 Å². The van der Waals surface area contributed by atoms with Crippen molar-refractivity contribution in [2.45, 2.75) is 46.2 Å². The normalized spacial score (nSPS) is 12.9. The molecule has 0 aliphatic heterocycles. The van der Waals surface area contributed by atoms with Crippen molar-refractivity contribution >= 4 is 11.8 Å².